The zero-order valence-electron chi connectivity index (χ0n) is 12.8. The second kappa shape index (κ2) is 8.86. The third-order valence-electron chi connectivity index (χ3n) is 3.92. The number of hydrogen-bond acceptors (Lipinski definition) is 4. The highest BCUT2D eigenvalue weighted by Gasteiger charge is 2.23. The molecule has 0 aromatic carbocycles. The van der Waals surface area contributed by atoms with Crippen LogP contribution in [0.1, 0.15) is 23.7 Å². The Hall–Kier alpha value is -1.63. The van der Waals surface area contributed by atoms with Gasteiger partial charge in [-0.2, -0.15) is 0 Å². The van der Waals surface area contributed by atoms with Gasteiger partial charge in [0.15, 0.2) is 0 Å². The molecule has 2 N–H and O–H groups in total. The Labute approximate surface area is 147 Å². The minimum absolute atomic E-state index is 0. The fourth-order valence-corrected chi connectivity index (χ4v) is 2.53. The Balaban J connectivity index is 0.00000132. The topological polar surface area (TPSA) is 71.8 Å². The van der Waals surface area contributed by atoms with Crippen LogP contribution in [0.2, 0.25) is 0 Å². The lowest BCUT2D eigenvalue weighted by molar-refractivity contribution is 0.0915. The van der Waals surface area contributed by atoms with E-state index in [1.807, 2.05) is 0 Å². The Kier molecular flexibility index (Phi) is 7.48. The molecule has 1 fully saturated rings. The van der Waals surface area contributed by atoms with Gasteiger partial charge in [0.05, 0.1) is 0 Å². The largest absolute Gasteiger partial charge is 0.348 e. The van der Waals surface area contributed by atoms with E-state index in [-0.39, 0.29) is 36.8 Å². The fourth-order valence-electron chi connectivity index (χ4n) is 2.53. The molecule has 2 aromatic rings. The SMILES string of the molecule is CC1CCNCC1NC(=O)c1ccnc(-n2ccnc2)c1.Cl.Cl. The van der Waals surface area contributed by atoms with Crippen LogP contribution in [0.4, 0.5) is 0 Å². The van der Waals surface area contributed by atoms with Gasteiger partial charge >= 0.3 is 0 Å². The Morgan fingerprint density at radius 3 is 2.91 bits per heavy atom. The van der Waals surface area contributed by atoms with Gasteiger partial charge in [0.2, 0.25) is 0 Å². The van der Waals surface area contributed by atoms with Crippen LogP contribution in [0.5, 0.6) is 0 Å². The summed E-state index contributed by atoms with van der Waals surface area (Å²) in [7, 11) is 0. The summed E-state index contributed by atoms with van der Waals surface area (Å²) in [4.78, 5) is 20.6. The molecule has 0 aliphatic carbocycles. The number of imidazole rings is 1. The van der Waals surface area contributed by atoms with Gasteiger partial charge in [0.25, 0.3) is 5.91 Å². The van der Waals surface area contributed by atoms with Gasteiger partial charge in [-0.05, 0) is 31.0 Å². The quantitative estimate of drug-likeness (QED) is 0.878. The molecule has 1 saturated heterocycles. The van der Waals surface area contributed by atoms with Crippen molar-refractivity contribution < 1.29 is 4.79 Å². The molecule has 3 heterocycles. The summed E-state index contributed by atoms with van der Waals surface area (Å²) in [5.41, 5.74) is 0.617. The van der Waals surface area contributed by atoms with E-state index in [9.17, 15) is 4.79 Å². The summed E-state index contributed by atoms with van der Waals surface area (Å²) in [6, 6.07) is 3.69. The molecule has 8 heteroatoms. The highest BCUT2D eigenvalue weighted by Crippen LogP contribution is 2.13. The number of piperidine rings is 1. The molecule has 1 aliphatic heterocycles. The average molecular weight is 358 g/mol. The highest BCUT2D eigenvalue weighted by molar-refractivity contribution is 5.94. The van der Waals surface area contributed by atoms with E-state index in [4.69, 9.17) is 0 Å². The normalized spacial score (nSPS) is 20.0. The van der Waals surface area contributed by atoms with Crippen molar-refractivity contribution in [3.8, 4) is 5.82 Å². The van der Waals surface area contributed by atoms with E-state index in [0.29, 0.717) is 17.3 Å². The van der Waals surface area contributed by atoms with Gasteiger partial charge in [0.1, 0.15) is 12.1 Å². The lowest BCUT2D eigenvalue weighted by atomic mass is 9.94. The molecule has 1 amide bonds. The summed E-state index contributed by atoms with van der Waals surface area (Å²) in [5, 5.41) is 6.42. The fraction of sp³-hybridized carbons (Fsp3) is 0.400. The first-order valence-corrected chi connectivity index (χ1v) is 7.20. The zero-order valence-corrected chi connectivity index (χ0v) is 14.4. The molecule has 2 unspecified atom stereocenters. The first kappa shape index (κ1) is 19.4. The molecular formula is C15H21Cl2N5O. The molecule has 2 aromatic heterocycles. The number of aromatic nitrogens is 3. The van der Waals surface area contributed by atoms with Crippen molar-refractivity contribution in [2.75, 3.05) is 13.1 Å². The maximum atomic E-state index is 12.4. The molecular weight excluding hydrogens is 337 g/mol. The molecule has 2 atom stereocenters. The number of amides is 1. The van der Waals surface area contributed by atoms with Gasteiger partial charge in [-0.1, -0.05) is 6.92 Å². The van der Waals surface area contributed by atoms with E-state index < -0.39 is 0 Å². The Morgan fingerprint density at radius 2 is 2.22 bits per heavy atom. The lowest BCUT2D eigenvalue weighted by Gasteiger charge is -2.30. The van der Waals surface area contributed by atoms with Crippen LogP contribution in [-0.2, 0) is 0 Å². The third-order valence-corrected chi connectivity index (χ3v) is 3.92. The number of halogens is 2. The highest BCUT2D eigenvalue weighted by atomic mass is 35.5. The average Bonchev–Trinajstić information content (AvgIpc) is 3.04. The van der Waals surface area contributed by atoms with Crippen molar-refractivity contribution in [1.29, 1.82) is 0 Å². The van der Waals surface area contributed by atoms with Crippen LogP contribution in [-0.4, -0.2) is 39.6 Å². The van der Waals surface area contributed by atoms with Crippen molar-refractivity contribution in [1.82, 2.24) is 25.2 Å². The van der Waals surface area contributed by atoms with Crippen molar-refractivity contribution in [3.05, 3.63) is 42.6 Å². The summed E-state index contributed by atoms with van der Waals surface area (Å²) < 4.78 is 1.78. The minimum atomic E-state index is -0.0562. The molecule has 126 valence electrons. The van der Waals surface area contributed by atoms with Crippen molar-refractivity contribution in [3.63, 3.8) is 0 Å². The Bertz CT molecular complexity index is 620. The van der Waals surface area contributed by atoms with Crippen LogP contribution in [0.15, 0.2) is 37.1 Å². The van der Waals surface area contributed by atoms with Crippen LogP contribution in [0.25, 0.3) is 5.82 Å². The molecule has 3 rings (SSSR count). The summed E-state index contributed by atoms with van der Waals surface area (Å²) in [5.74, 6) is 1.12. The summed E-state index contributed by atoms with van der Waals surface area (Å²) in [6.45, 7) is 4.02. The summed E-state index contributed by atoms with van der Waals surface area (Å²) in [6.07, 6.45) is 7.88. The van der Waals surface area contributed by atoms with Gasteiger partial charge in [-0.15, -0.1) is 24.8 Å². The lowest BCUT2D eigenvalue weighted by Crippen LogP contribution is -2.50. The van der Waals surface area contributed by atoms with Crippen molar-refractivity contribution in [2.24, 2.45) is 5.92 Å². The number of carbonyl (C=O) groups is 1. The predicted molar refractivity (Wildman–Crippen MR) is 93.8 cm³/mol. The molecule has 0 radical (unpaired) electrons. The molecule has 6 nitrogen and oxygen atoms in total. The van der Waals surface area contributed by atoms with Gasteiger partial charge < -0.3 is 10.6 Å². The second-order valence-corrected chi connectivity index (χ2v) is 5.42. The van der Waals surface area contributed by atoms with Crippen LogP contribution in [0.3, 0.4) is 0 Å². The summed E-state index contributed by atoms with van der Waals surface area (Å²) >= 11 is 0. The second-order valence-electron chi connectivity index (χ2n) is 5.42. The number of pyridine rings is 1. The van der Waals surface area contributed by atoms with E-state index in [2.05, 4.69) is 27.5 Å². The molecule has 0 bridgehead atoms. The van der Waals surface area contributed by atoms with E-state index >= 15 is 0 Å². The number of hydrogen-bond donors (Lipinski definition) is 2. The van der Waals surface area contributed by atoms with Gasteiger partial charge in [0, 0.05) is 36.7 Å². The standard InChI is InChI=1S/C15H19N5O.2ClH/c1-11-2-4-16-9-13(11)19-15(21)12-3-5-18-14(8-12)20-7-6-17-10-20;;/h3,5-8,10-11,13,16H,2,4,9H2,1H3,(H,19,21);2*1H. The first-order chi connectivity index (χ1) is 10.2. The maximum Gasteiger partial charge on any atom is 0.251 e. The third kappa shape index (κ3) is 4.67. The smallest absolute Gasteiger partial charge is 0.251 e. The predicted octanol–water partition coefficient (Wildman–Crippen LogP) is 1.84. The number of carbonyl (C=O) groups excluding carboxylic acids is 1. The minimum Gasteiger partial charge on any atom is -0.348 e. The molecule has 0 saturated carbocycles. The molecule has 1 aliphatic rings. The number of rotatable bonds is 3. The maximum absolute atomic E-state index is 12.4. The van der Waals surface area contributed by atoms with Crippen LogP contribution < -0.4 is 10.6 Å². The van der Waals surface area contributed by atoms with Gasteiger partial charge in [-0.25, -0.2) is 9.97 Å². The Morgan fingerprint density at radius 1 is 1.39 bits per heavy atom. The van der Waals surface area contributed by atoms with E-state index in [0.717, 1.165) is 19.5 Å². The van der Waals surface area contributed by atoms with E-state index in [1.54, 1.807) is 41.6 Å². The molecule has 0 spiro atoms. The van der Waals surface area contributed by atoms with Crippen molar-refractivity contribution >= 4 is 30.7 Å². The van der Waals surface area contributed by atoms with Crippen LogP contribution >= 0.6 is 24.8 Å². The monoisotopic (exact) mass is 357 g/mol. The number of nitrogens with zero attached hydrogens (tertiary/aromatic N) is 3. The van der Waals surface area contributed by atoms with E-state index in [1.165, 1.54) is 0 Å². The van der Waals surface area contributed by atoms with Gasteiger partial charge in [-0.3, -0.25) is 9.36 Å². The zero-order chi connectivity index (χ0) is 14.7. The number of nitrogens with one attached hydrogen (secondary N) is 2. The molecule has 23 heavy (non-hydrogen) atoms. The first-order valence-electron chi connectivity index (χ1n) is 7.20. The van der Waals surface area contributed by atoms with Crippen molar-refractivity contribution in [2.45, 2.75) is 19.4 Å². The van der Waals surface area contributed by atoms with Crippen LogP contribution in [0, 0.1) is 5.92 Å².